The second kappa shape index (κ2) is 6.22. The van der Waals surface area contributed by atoms with Gasteiger partial charge in [-0.15, -0.1) is 0 Å². The third-order valence-electron chi connectivity index (χ3n) is 3.92. The Bertz CT molecular complexity index is 823. The number of aryl methyl sites for hydroxylation is 1. The minimum absolute atomic E-state index is 0.120. The van der Waals surface area contributed by atoms with Crippen LogP contribution in [0.1, 0.15) is 25.0 Å². The van der Waals surface area contributed by atoms with Crippen molar-refractivity contribution >= 4 is 9.84 Å². The van der Waals surface area contributed by atoms with Crippen molar-refractivity contribution < 1.29 is 26.7 Å². The molecular formula is C17H17F3O3S. The summed E-state index contributed by atoms with van der Waals surface area (Å²) in [5.74, 6) is 0. The molecule has 2 aromatic rings. The fourth-order valence-corrected chi connectivity index (χ4v) is 3.87. The minimum Gasteiger partial charge on any atom is -0.376 e. The maximum atomic E-state index is 12.8. The van der Waals surface area contributed by atoms with E-state index in [1.807, 2.05) is 6.92 Å². The molecule has 1 N–H and O–H groups in total. The average molecular weight is 358 g/mol. The molecule has 0 unspecified atom stereocenters. The zero-order valence-corrected chi connectivity index (χ0v) is 13.9. The smallest absolute Gasteiger partial charge is 0.376 e. The maximum Gasteiger partial charge on any atom is 0.421 e. The Hall–Kier alpha value is -1.86. The number of hydrogen-bond donors (Lipinski definition) is 1. The SMILES string of the molecule is CCc1ccccc1S(=O)(=O)c1ccc([C@](C)(O)C(F)(F)F)cc1. The van der Waals surface area contributed by atoms with Gasteiger partial charge in [0.1, 0.15) is 0 Å². The van der Waals surface area contributed by atoms with Gasteiger partial charge in [0.15, 0.2) is 5.60 Å². The summed E-state index contributed by atoms with van der Waals surface area (Å²) >= 11 is 0. The topological polar surface area (TPSA) is 54.4 Å². The van der Waals surface area contributed by atoms with Gasteiger partial charge in [-0.1, -0.05) is 37.3 Å². The third kappa shape index (κ3) is 3.18. The molecule has 0 saturated heterocycles. The molecular weight excluding hydrogens is 341 g/mol. The molecule has 2 aromatic carbocycles. The summed E-state index contributed by atoms with van der Waals surface area (Å²) in [6.07, 6.45) is -4.35. The molecule has 0 radical (unpaired) electrons. The van der Waals surface area contributed by atoms with Crippen molar-refractivity contribution in [1.82, 2.24) is 0 Å². The lowest BCUT2D eigenvalue weighted by Gasteiger charge is -2.26. The fourth-order valence-electron chi connectivity index (χ4n) is 2.31. The summed E-state index contributed by atoms with van der Waals surface area (Å²) in [4.78, 5) is 0.00737. The summed E-state index contributed by atoms with van der Waals surface area (Å²) in [6, 6.07) is 10.6. The fraction of sp³-hybridized carbons (Fsp3) is 0.294. The average Bonchev–Trinajstić information content (AvgIpc) is 2.53. The number of sulfone groups is 1. The van der Waals surface area contributed by atoms with E-state index in [0.29, 0.717) is 18.9 Å². The Morgan fingerprint density at radius 2 is 1.54 bits per heavy atom. The zero-order valence-electron chi connectivity index (χ0n) is 13.1. The van der Waals surface area contributed by atoms with E-state index in [9.17, 15) is 26.7 Å². The Morgan fingerprint density at radius 3 is 2.04 bits per heavy atom. The summed E-state index contributed by atoms with van der Waals surface area (Å²) in [5, 5.41) is 9.64. The van der Waals surface area contributed by atoms with Crippen molar-refractivity contribution in [1.29, 1.82) is 0 Å². The standard InChI is InChI=1S/C17H17F3O3S/c1-3-12-6-4-5-7-15(12)24(22,23)14-10-8-13(9-11-14)16(2,21)17(18,19)20/h4-11,21H,3H2,1-2H3/t16-/m0/s1. The molecule has 0 bridgehead atoms. The van der Waals surface area contributed by atoms with Crippen LogP contribution in [0.15, 0.2) is 58.3 Å². The van der Waals surface area contributed by atoms with Crippen LogP contribution >= 0.6 is 0 Å². The van der Waals surface area contributed by atoms with Gasteiger partial charge in [0, 0.05) is 0 Å². The van der Waals surface area contributed by atoms with Crippen LogP contribution in [-0.4, -0.2) is 19.7 Å². The Labute approximate surface area is 138 Å². The van der Waals surface area contributed by atoms with Gasteiger partial charge in [-0.05, 0) is 42.7 Å². The van der Waals surface area contributed by atoms with E-state index in [1.165, 1.54) is 6.07 Å². The molecule has 0 aliphatic rings. The summed E-state index contributed by atoms with van der Waals surface area (Å²) < 4.78 is 63.9. The zero-order chi connectivity index (χ0) is 18.2. The van der Waals surface area contributed by atoms with Gasteiger partial charge in [-0.2, -0.15) is 13.2 Å². The molecule has 130 valence electrons. The number of rotatable bonds is 4. The van der Waals surface area contributed by atoms with Gasteiger partial charge >= 0.3 is 6.18 Å². The molecule has 7 heteroatoms. The van der Waals surface area contributed by atoms with Crippen molar-refractivity contribution in [3.05, 3.63) is 59.7 Å². The molecule has 0 spiro atoms. The molecule has 0 aliphatic carbocycles. The first-order chi connectivity index (χ1) is 11.0. The van der Waals surface area contributed by atoms with Crippen molar-refractivity contribution in [3.8, 4) is 0 Å². The number of aliphatic hydroxyl groups is 1. The van der Waals surface area contributed by atoms with Crippen LogP contribution in [0, 0.1) is 0 Å². The van der Waals surface area contributed by atoms with Gasteiger partial charge in [0.2, 0.25) is 9.84 Å². The normalized spacial score (nSPS) is 15.1. The molecule has 0 heterocycles. The summed E-state index contributed by atoms with van der Waals surface area (Å²) in [5.41, 5.74) is -2.84. The van der Waals surface area contributed by atoms with Crippen LogP contribution < -0.4 is 0 Å². The van der Waals surface area contributed by atoms with Crippen LogP contribution in [-0.2, 0) is 21.9 Å². The molecule has 0 saturated carbocycles. The molecule has 0 fully saturated rings. The highest BCUT2D eigenvalue weighted by molar-refractivity contribution is 7.91. The summed E-state index contributed by atoms with van der Waals surface area (Å²) in [6.45, 7) is 2.45. The van der Waals surface area contributed by atoms with Crippen molar-refractivity contribution in [3.63, 3.8) is 0 Å². The van der Waals surface area contributed by atoms with Gasteiger partial charge in [-0.25, -0.2) is 8.42 Å². The lowest BCUT2D eigenvalue weighted by Crippen LogP contribution is -2.39. The molecule has 0 aromatic heterocycles. The number of alkyl halides is 3. The van der Waals surface area contributed by atoms with E-state index in [2.05, 4.69) is 0 Å². The maximum absolute atomic E-state index is 12.8. The lowest BCUT2D eigenvalue weighted by molar-refractivity contribution is -0.258. The Morgan fingerprint density at radius 1 is 1.00 bits per heavy atom. The highest BCUT2D eigenvalue weighted by Crippen LogP contribution is 2.38. The second-order valence-corrected chi connectivity index (χ2v) is 7.48. The van der Waals surface area contributed by atoms with Gasteiger partial charge < -0.3 is 5.11 Å². The van der Waals surface area contributed by atoms with Gasteiger partial charge in [0.25, 0.3) is 0 Å². The first-order valence-corrected chi connectivity index (χ1v) is 8.72. The molecule has 0 amide bonds. The highest BCUT2D eigenvalue weighted by Gasteiger charge is 2.51. The Balaban J connectivity index is 2.48. The predicted molar refractivity (Wildman–Crippen MR) is 83.3 cm³/mol. The predicted octanol–water partition coefficient (Wildman–Crippen LogP) is 3.85. The van der Waals surface area contributed by atoms with Crippen LogP contribution in [0.25, 0.3) is 0 Å². The van der Waals surface area contributed by atoms with Crippen molar-refractivity contribution in [2.24, 2.45) is 0 Å². The minimum atomic E-state index is -4.86. The first kappa shape index (κ1) is 18.5. The molecule has 3 nitrogen and oxygen atoms in total. The van der Waals surface area contributed by atoms with E-state index in [4.69, 9.17) is 0 Å². The van der Waals surface area contributed by atoms with Gasteiger partial charge in [-0.3, -0.25) is 0 Å². The van der Waals surface area contributed by atoms with E-state index < -0.39 is 27.2 Å². The Kier molecular flexibility index (Phi) is 4.79. The molecule has 2 rings (SSSR count). The lowest BCUT2D eigenvalue weighted by atomic mass is 9.96. The van der Waals surface area contributed by atoms with Crippen LogP contribution in [0.4, 0.5) is 13.2 Å². The third-order valence-corrected chi connectivity index (χ3v) is 5.79. The van der Waals surface area contributed by atoms with E-state index in [0.717, 1.165) is 24.3 Å². The van der Waals surface area contributed by atoms with E-state index in [1.54, 1.807) is 18.2 Å². The number of halogens is 3. The van der Waals surface area contributed by atoms with E-state index in [-0.39, 0.29) is 9.79 Å². The molecule has 24 heavy (non-hydrogen) atoms. The number of hydrogen-bond acceptors (Lipinski definition) is 3. The van der Waals surface area contributed by atoms with Crippen LogP contribution in [0.2, 0.25) is 0 Å². The van der Waals surface area contributed by atoms with Gasteiger partial charge in [0.05, 0.1) is 9.79 Å². The van der Waals surface area contributed by atoms with Crippen molar-refractivity contribution in [2.45, 2.75) is 41.8 Å². The van der Waals surface area contributed by atoms with Crippen LogP contribution in [0.5, 0.6) is 0 Å². The quantitative estimate of drug-likeness (QED) is 0.903. The monoisotopic (exact) mass is 358 g/mol. The first-order valence-electron chi connectivity index (χ1n) is 7.24. The van der Waals surface area contributed by atoms with Crippen LogP contribution in [0.3, 0.4) is 0 Å². The van der Waals surface area contributed by atoms with Crippen molar-refractivity contribution in [2.75, 3.05) is 0 Å². The largest absolute Gasteiger partial charge is 0.421 e. The van der Waals surface area contributed by atoms with E-state index >= 15 is 0 Å². The molecule has 0 aliphatic heterocycles. The highest BCUT2D eigenvalue weighted by atomic mass is 32.2. The second-order valence-electron chi connectivity index (χ2n) is 5.56. The molecule has 1 atom stereocenters. The summed E-state index contributed by atoms with van der Waals surface area (Å²) in [7, 11) is -3.84. The number of benzene rings is 2.